The van der Waals surface area contributed by atoms with Gasteiger partial charge in [-0.05, 0) is 38.1 Å². The Morgan fingerprint density at radius 3 is 2.71 bits per heavy atom. The first kappa shape index (κ1) is 12.8. The molecule has 1 aliphatic heterocycles. The van der Waals surface area contributed by atoms with Crippen LogP contribution in [0.2, 0.25) is 0 Å². The van der Waals surface area contributed by atoms with Crippen LogP contribution in [-0.4, -0.2) is 42.6 Å². The summed E-state index contributed by atoms with van der Waals surface area (Å²) in [5, 5.41) is 0. The Hall–Kier alpha value is -0.650. The lowest BCUT2D eigenvalue weighted by Crippen LogP contribution is -2.40. The molecular weight excluding hydrogens is 218 g/mol. The van der Waals surface area contributed by atoms with Gasteiger partial charge in [0.15, 0.2) is 0 Å². The SMILES string of the molecule is CCN(CC1CC1)CC1CCC(C(=O)NN)O1. The second-order valence-electron chi connectivity index (χ2n) is 5.13. The number of likely N-dealkylation sites (N-methyl/N-ethyl adjacent to an activating group) is 1. The van der Waals surface area contributed by atoms with E-state index < -0.39 is 0 Å². The van der Waals surface area contributed by atoms with Crippen LogP contribution >= 0.6 is 0 Å². The van der Waals surface area contributed by atoms with Crippen molar-refractivity contribution >= 4 is 5.91 Å². The second kappa shape index (κ2) is 5.80. The van der Waals surface area contributed by atoms with Gasteiger partial charge in [-0.15, -0.1) is 0 Å². The number of nitrogens with zero attached hydrogens (tertiary/aromatic N) is 1. The minimum absolute atomic E-state index is 0.191. The molecule has 1 saturated carbocycles. The molecule has 2 rings (SSSR count). The molecular formula is C12H23N3O2. The van der Waals surface area contributed by atoms with Crippen LogP contribution in [0, 0.1) is 5.92 Å². The molecule has 3 N–H and O–H groups in total. The lowest BCUT2D eigenvalue weighted by Gasteiger charge is -2.23. The van der Waals surface area contributed by atoms with Crippen LogP contribution in [0.25, 0.3) is 0 Å². The summed E-state index contributed by atoms with van der Waals surface area (Å²) in [6.45, 7) is 5.37. The van der Waals surface area contributed by atoms with Crippen molar-refractivity contribution in [3.05, 3.63) is 0 Å². The number of carbonyl (C=O) groups is 1. The van der Waals surface area contributed by atoms with Crippen molar-refractivity contribution in [3.63, 3.8) is 0 Å². The molecule has 0 aromatic heterocycles. The van der Waals surface area contributed by atoms with Crippen LogP contribution in [-0.2, 0) is 9.53 Å². The highest BCUT2D eigenvalue weighted by Gasteiger charge is 2.32. The lowest BCUT2D eigenvalue weighted by molar-refractivity contribution is -0.132. The van der Waals surface area contributed by atoms with E-state index in [4.69, 9.17) is 10.6 Å². The zero-order valence-corrected chi connectivity index (χ0v) is 10.5. The summed E-state index contributed by atoms with van der Waals surface area (Å²) in [4.78, 5) is 13.8. The predicted molar refractivity (Wildman–Crippen MR) is 65.1 cm³/mol. The van der Waals surface area contributed by atoms with E-state index in [2.05, 4.69) is 17.2 Å². The van der Waals surface area contributed by atoms with Crippen molar-refractivity contribution in [1.29, 1.82) is 0 Å². The molecule has 2 aliphatic rings. The van der Waals surface area contributed by atoms with Gasteiger partial charge in [0.2, 0.25) is 0 Å². The van der Waals surface area contributed by atoms with Gasteiger partial charge in [-0.3, -0.25) is 10.2 Å². The van der Waals surface area contributed by atoms with E-state index in [-0.39, 0.29) is 18.1 Å². The van der Waals surface area contributed by atoms with Crippen LogP contribution in [0.5, 0.6) is 0 Å². The summed E-state index contributed by atoms with van der Waals surface area (Å²) in [6, 6.07) is 0. The minimum Gasteiger partial charge on any atom is -0.364 e. The van der Waals surface area contributed by atoms with Crippen LogP contribution in [0.15, 0.2) is 0 Å². The normalized spacial score (nSPS) is 28.6. The number of hydrogen-bond donors (Lipinski definition) is 2. The monoisotopic (exact) mass is 241 g/mol. The third-order valence-electron chi connectivity index (χ3n) is 3.66. The van der Waals surface area contributed by atoms with Gasteiger partial charge >= 0.3 is 0 Å². The van der Waals surface area contributed by atoms with Crippen molar-refractivity contribution in [3.8, 4) is 0 Å². The number of nitrogens with one attached hydrogen (secondary N) is 1. The molecule has 0 aromatic rings. The van der Waals surface area contributed by atoms with Gasteiger partial charge in [-0.2, -0.15) is 0 Å². The molecule has 1 saturated heterocycles. The van der Waals surface area contributed by atoms with Gasteiger partial charge in [-0.1, -0.05) is 6.92 Å². The highest BCUT2D eigenvalue weighted by Crippen LogP contribution is 2.30. The molecule has 5 heteroatoms. The first-order valence-corrected chi connectivity index (χ1v) is 6.61. The largest absolute Gasteiger partial charge is 0.364 e. The summed E-state index contributed by atoms with van der Waals surface area (Å²) < 4.78 is 5.71. The smallest absolute Gasteiger partial charge is 0.263 e. The Balaban J connectivity index is 1.73. The van der Waals surface area contributed by atoms with Crippen molar-refractivity contribution < 1.29 is 9.53 Å². The Bertz CT molecular complexity index is 268. The van der Waals surface area contributed by atoms with Crippen molar-refractivity contribution in [2.24, 2.45) is 11.8 Å². The van der Waals surface area contributed by atoms with Gasteiger partial charge in [0, 0.05) is 13.1 Å². The number of hydrazine groups is 1. The highest BCUT2D eigenvalue weighted by molar-refractivity contribution is 5.80. The predicted octanol–water partition coefficient (Wildman–Crippen LogP) is 0.256. The summed E-state index contributed by atoms with van der Waals surface area (Å²) in [6.07, 6.45) is 4.34. The Morgan fingerprint density at radius 2 is 2.12 bits per heavy atom. The second-order valence-corrected chi connectivity index (χ2v) is 5.13. The molecule has 0 bridgehead atoms. The average Bonchev–Trinajstić information content (AvgIpc) is 3.04. The third-order valence-corrected chi connectivity index (χ3v) is 3.66. The van der Waals surface area contributed by atoms with E-state index in [1.54, 1.807) is 0 Å². The maximum absolute atomic E-state index is 11.3. The number of carbonyl (C=O) groups excluding carboxylic acids is 1. The average molecular weight is 241 g/mol. The number of ether oxygens (including phenoxy) is 1. The maximum Gasteiger partial charge on any atom is 0.263 e. The quantitative estimate of drug-likeness (QED) is 0.397. The zero-order valence-electron chi connectivity index (χ0n) is 10.5. The molecule has 17 heavy (non-hydrogen) atoms. The van der Waals surface area contributed by atoms with Crippen molar-refractivity contribution in [2.75, 3.05) is 19.6 Å². The van der Waals surface area contributed by atoms with Gasteiger partial charge < -0.3 is 9.64 Å². The fourth-order valence-electron chi connectivity index (χ4n) is 2.41. The topological polar surface area (TPSA) is 67.6 Å². The lowest BCUT2D eigenvalue weighted by atomic mass is 10.2. The highest BCUT2D eigenvalue weighted by atomic mass is 16.5. The Labute approximate surface area is 103 Å². The summed E-state index contributed by atoms with van der Waals surface area (Å²) in [5.41, 5.74) is 2.16. The van der Waals surface area contributed by atoms with E-state index in [0.717, 1.165) is 31.8 Å². The molecule has 1 heterocycles. The van der Waals surface area contributed by atoms with E-state index in [1.807, 2.05) is 0 Å². The molecule has 98 valence electrons. The number of hydrogen-bond acceptors (Lipinski definition) is 4. The number of rotatable bonds is 6. The Kier molecular flexibility index (Phi) is 4.36. The summed E-state index contributed by atoms with van der Waals surface area (Å²) >= 11 is 0. The standard InChI is InChI=1S/C12H23N3O2/c1-2-15(7-9-3-4-9)8-10-5-6-11(17-10)12(16)14-13/h9-11H,2-8,13H2,1H3,(H,14,16). The maximum atomic E-state index is 11.3. The molecule has 0 radical (unpaired) electrons. The van der Waals surface area contributed by atoms with Crippen molar-refractivity contribution in [1.82, 2.24) is 10.3 Å². The minimum atomic E-state index is -0.343. The van der Waals surface area contributed by atoms with E-state index in [1.165, 1.54) is 19.4 Å². The summed E-state index contributed by atoms with van der Waals surface area (Å²) in [7, 11) is 0. The Morgan fingerprint density at radius 1 is 1.35 bits per heavy atom. The zero-order chi connectivity index (χ0) is 12.3. The van der Waals surface area contributed by atoms with Crippen molar-refractivity contribution in [2.45, 2.75) is 44.8 Å². The van der Waals surface area contributed by atoms with Gasteiger partial charge in [0.1, 0.15) is 6.10 Å². The fourth-order valence-corrected chi connectivity index (χ4v) is 2.41. The van der Waals surface area contributed by atoms with Crippen LogP contribution < -0.4 is 11.3 Å². The number of nitrogens with two attached hydrogens (primary N) is 1. The van der Waals surface area contributed by atoms with Crippen LogP contribution in [0.4, 0.5) is 0 Å². The van der Waals surface area contributed by atoms with Gasteiger partial charge in [0.25, 0.3) is 5.91 Å². The molecule has 1 amide bonds. The molecule has 0 spiro atoms. The summed E-state index contributed by atoms with van der Waals surface area (Å²) in [5.74, 6) is 5.81. The molecule has 0 aromatic carbocycles. The van der Waals surface area contributed by atoms with E-state index >= 15 is 0 Å². The molecule has 2 atom stereocenters. The van der Waals surface area contributed by atoms with E-state index in [0.29, 0.717) is 0 Å². The fraction of sp³-hybridized carbons (Fsp3) is 0.917. The van der Waals surface area contributed by atoms with Gasteiger partial charge in [-0.25, -0.2) is 5.84 Å². The first-order chi connectivity index (χ1) is 8.22. The van der Waals surface area contributed by atoms with Crippen LogP contribution in [0.1, 0.15) is 32.6 Å². The third kappa shape index (κ3) is 3.66. The molecule has 2 unspecified atom stereocenters. The van der Waals surface area contributed by atoms with Gasteiger partial charge in [0.05, 0.1) is 6.10 Å². The van der Waals surface area contributed by atoms with E-state index in [9.17, 15) is 4.79 Å². The number of amides is 1. The molecule has 2 fully saturated rings. The van der Waals surface area contributed by atoms with Crippen LogP contribution in [0.3, 0.4) is 0 Å². The first-order valence-electron chi connectivity index (χ1n) is 6.61. The molecule has 5 nitrogen and oxygen atoms in total. The molecule has 1 aliphatic carbocycles.